The molecule has 0 fully saturated rings. The first-order valence-electron chi connectivity index (χ1n) is 4.05. The van der Waals surface area contributed by atoms with Gasteiger partial charge in [-0.2, -0.15) is 0 Å². The van der Waals surface area contributed by atoms with E-state index in [1.54, 1.807) is 0 Å². The lowest BCUT2D eigenvalue weighted by Crippen LogP contribution is -3.00. The standard InChI is InChI=1S/C9H15N2.HI/c1-2-5-11-6-3-9(8-10)4-7-11;/h3-4,6-7H,2,5,8,10H2,1H3;1H/q+1;/p-1. The summed E-state index contributed by atoms with van der Waals surface area (Å²) >= 11 is 0. The summed E-state index contributed by atoms with van der Waals surface area (Å²) in [4.78, 5) is 0. The fourth-order valence-corrected chi connectivity index (χ4v) is 1.03. The molecule has 0 saturated carbocycles. The Labute approximate surface area is 90.8 Å². The van der Waals surface area contributed by atoms with Crippen LogP contribution >= 0.6 is 0 Å². The molecule has 1 aromatic heterocycles. The molecule has 0 aromatic carbocycles. The van der Waals surface area contributed by atoms with E-state index < -0.39 is 0 Å². The zero-order chi connectivity index (χ0) is 8.10. The first-order chi connectivity index (χ1) is 5.36. The summed E-state index contributed by atoms with van der Waals surface area (Å²) in [7, 11) is 0. The summed E-state index contributed by atoms with van der Waals surface area (Å²) in [5.74, 6) is 0. The number of nitrogens with zero attached hydrogens (tertiary/aromatic N) is 1. The molecule has 0 saturated heterocycles. The number of nitrogens with two attached hydrogens (primary N) is 1. The topological polar surface area (TPSA) is 29.9 Å². The lowest BCUT2D eigenvalue weighted by molar-refractivity contribution is -0.697. The highest BCUT2D eigenvalue weighted by Gasteiger charge is 1.96. The van der Waals surface area contributed by atoms with Crippen molar-refractivity contribution in [3.63, 3.8) is 0 Å². The van der Waals surface area contributed by atoms with Crippen LogP contribution in [-0.2, 0) is 13.1 Å². The maximum atomic E-state index is 5.46. The molecule has 68 valence electrons. The average molecular weight is 278 g/mol. The van der Waals surface area contributed by atoms with Crippen LogP contribution in [0.25, 0.3) is 0 Å². The van der Waals surface area contributed by atoms with E-state index in [0.717, 1.165) is 6.54 Å². The van der Waals surface area contributed by atoms with Gasteiger partial charge in [0.25, 0.3) is 0 Å². The van der Waals surface area contributed by atoms with Gasteiger partial charge in [0, 0.05) is 25.1 Å². The summed E-state index contributed by atoms with van der Waals surface area (Å²) < 4.78 is 2.17. The van der Waals surface area contributed by atoms with Crippen molar-refractivity contribution in [3.8, 4) is 0 Å². The third kappa shape index (κ3) is 3.49. The Morgan fingerprint density at radius 1 is 1.33 bits per heavy atom. The molecule has 0 aliphatic carbocycles. The number of aromatic nitrogens is 1. The maximum Gasteiger partial charge on any atom is 0.169 e. The van der Waals surface area contributed by atoms with Crippen LogP contribution < -0.4 is 34.3 Å². The Morgan fingerprint density at radius 3 is 2.33 bits per heavy atom. The van der Waals surface area contributed by atoms with Crippen molar-refractivity contribution in [1.82, 2.24) is 0 Å². The van der Waals surface area contributed by atoms with E-state index in [-0.39, 0.29) is 24.0 Å². The van der Waals surface area contributed by atoms with Gasteiger partial charge in [-0.15, -0.1) is 0 Å². The monoisotopic (exact) mass is 278 g/mol. The summed E-state index contributed by atoms with van der Waals surface area (Å²) in [6.07, 6.45) is 5.32. The highest BCUT2D eigenvalue weighted by atomic mass is 127. The van der Waals surface area contributed by atoms with Crippen molar-refractivity contribution in [2.75, 3.05) is 0 Å². The van der Waals surface area contributed by atoms with Gasteiger partial charge in [0.05, 0.1) is 0 Å². The third-order valence-corrected chi connectivity index (χ3v) is 1.68. The van der Waals surface area contributed by atoms with Gasteiger partial charge >= 0.3 is 0 Å². The van der Waals surface area contributed by atoms with Crippen LogP contribution in [-0.4, -0.2) is 0 Å². The van der Waals surface area contributed by atoms with Gasteiger partial charge in [-0.25, -0.2) is 4.57 Å². The minimum atomic E-state index is 0. The van der Waals surface area contributed by atoms with E-state index in [0.29, 0.717) is 6.54 Å². The third-order valence-electron chi connectivity index (χ3n) is 1.68. The van der Waals surface area contributed by atoms with E-state index >= 15 is 0 Å². The minimum absolute atomic E-state index is 0. The molecular formula is C9H15IN2. The quantitative estimate of drug-likeness (QED) is 0.496. The summed E-state index contributed by atoms with van der Waals surface area (Å²) in [5, 5.41) is 0. The molecular weight excluding hydrogens is 263 g/mol. The molecule has 3 heteroatoms. The molecule has 2 N–H and O–H groups in total. The van der Waals surface area contributed by atoms with Crippen molar-refractivity contribution in [2.45, 2.75) is 26.4 Å². The molecule has 0 atom stereocenters. The molecule has 0 bridgehead atoms. The van der Waals surface area contributed by atoms with Gasteiger partial charge in [-0.05, 0) is 5.56 Å². The van der Waals surface area contributed by atoms with Crippen LogP contribution in [0.3, 0.4) is 0 Å². The molecule has 0 radical (unpaired) electrons. The normalized spacial score (nSPS) is 9.17. The maximum absolute atomic E-state index is 5.46. The molecule has 0 spiro atoms. The van der Waals surface area contributed by atoms with E-state index in [1.165, 1.54) is 12.0 Å². The van der Waals surface area contributed by atoms with Crippen LogP contribution in [0.1, 0.15) is 18.9 Å². The second kappa shape index (κ2) is 6.37. The van der Waals surface area contributed by atoms with E-state index in [2.05, 4.69) is 36.0 Å². The largest absolute Gasteiger partial charge is 1.00 e. The fourth-order valence-electron chi connectivity index (χ4n) is 1.03. The lowest BCUT2D eigenvalue weighted by atomic mass is 10.3. The predicted octanol–water partition coefficient (Wildman–Crippen LogP) is -2.15. The van der Waals surface area contributed by atoms with Gasteiger partial charge in [0.2, 0.25) is 0 Å². The van der Waals surface area contributed by atoms with Gasteiger partial charge in [0.1, 0.15) is 6.54 Å². The number of hydrogen-bond donors (Lipinski definition) is 1. The van der Waals surface area contributed by atoms with Crippen LogP contribution in [0.2, 0.25) is 0 Å². The van der Waals surface area contributed by atoms with Gasteiger partial charge in [0.15, 0.2) is 12.4 Å². The Hall–Kier alpha value is -0.160. The van der Waals surface area contributed by atoms with E-state index in [9.17, 15) is 0 Å². The Bertz CT molecular complexity index is 208. The van der Waals surface area contributed by atoms with Crippen molar-refractivity contribution < 1.29 is 28.5 Å². The number of hydrogen-bond acceptors (Lipinski definition) is 1. The summed E-state index contributed by atoms with van der Waals surface area (Å²) in [6, 6.07) is 4.13. The molecule has 0 aliphatic heterocycles. The molecule has 12 heavy (non-hydrogen) atoms. The van der Waals surface area contributed by atoms with Crippen LogP contribution in [0.15, 0.2) is 24.5 Å². The van der Waals surface area contributed by atoms with Crippen molar-refractivity contribution in [1.29, 1.82) is 0 Å². The van der Waals surface area contributed by atoms with Crippen molar-refractivity contribution >= 4 is 0 Å². The average Bonchev–Trinajstić information content (AvgIpc) is 2.07. The van der Waals surface area contributed by atoms with Crippen LogP contribution in [0.4, 0.5) is 0 Å². The SMILES string of the molecule is CCC[n+]1ccc(CN)cc1.[I-]. The zero-order valence-corrected chi connectivity index (χ0v) is 9.49. The first kappa shape index (κ1) is 11.8. The summed E-state index contributed by atoms with van der Waals surface area (Å²) in [5.41, 5.74) is 6.66. The Balaban J connectivity index is 0.00000121. The van der Waals surface area contributed by atoms with Crippen molar-refractivity contribution in [2.24, 2.45) is 5.73 Å². The highest BCUT2D eigenvalue weighted by Crippen LogP contribution is 1.91. The highest BCUT2D eigenvalue weighted by molar-refractivity contribution is 5.05. The molecule has 0 amide bonds. The van der Waals surface area contributed by atoms with Crippen molar-refractivity contribution in [3.05, 3.63) is 30.1 Å². The molecule has 0 aliphatic rings. The molecule has 1 heterocycles. The fraction of sp³-hybridized carbons (Fsp3) is 0.444. The minimum Gasteiger partial charge on any atom is -1.00 e. The van der Waals surface area contributed by atoms with Gasteiger partial charge in [-0.3, -0.25) is 0 Å². The number of rotatable bonds is 3. The van der Waals surface area contributed by atoms with Gasteiger partial charge < -0.3 is 29.7 Å². The number of halogens is 1. The Kier molecular flexibility index (Phi) is 6.28. The summed E-state index contributed by atoms with van der Waals surface area (Å²) in [6.45, 7) is 3.89. The number of aryl methyl sites for hydroxylation is 1. The van der Waals surface area contributed by atoms with Crippen LogP contribution in [0, 0.1) is 0 Å². The number of pyridine rings is 1. The smallest absolute Gasteiger partial charge is 0.169 e. The molecule has 2 nitrogen and oxygen atoms in total. The second-order valence-corrected chi connectivity index (χ2v) is 2.65. The Morgan fingerprint density at radius 2 is 1.92 bits per heavy atom. The molecule has 0 unspecified atom stereocenters. The molecule has 1 aromatic rings. The zero-order valence-electron chi connectivity index (χ0n) is 7.33. The van der Waals surface area contributed by atoms with E-state index in [1.807, 2.05) is 0 Å². The molecule has 1 rings (SSSR count). The van der Waals surface area contributed by atoms with Gasteiger partial charge in [-0.1, -0.05) is 6.92 Å². The second-order valence-electron chi connectivity index (χ2n) is 2.65. The van der Waals surface area contributed by atoms with Crippen LogP contribution in [0.5, 0.6) is 0 Å². The first-order valence-corrected chi connectivity index (χ1v) is 4.05. The van der Waals surface area contributed by atoms with E-state index in [4.69, 9.17) is 5.73 Å². The lowest BCUT2D eigenvalue weighted by Gasteiger charge is -1.94. The predicted molar refractivity (Wildman–Crippen MR) is 44.8 cm³/mol.